The minimum Gasteiger partial charge on any atom is -0.465 e. The van der Waals surface area contributed by atoms with Gasteiger partial charge in [0, 0.05) is 20.2 Å². The topological polar surface area (TPSA) is 50.8 Å². The molecule has 1 rings (SSSR count). The van der Waals surface area contributed by atoms with Crippen molar-refractivity contribution in [1.82, 2.24) is 10.2 Å². The third kappa shape index (κ3) is 6.25. The van der Waals surface area contributed by atoms with Crippen LogP contribution in [0.2, 0.25) is 0 Å². The van der Waals surface area contributed by atoms with E-state index in [1.807, 2.05) is 45.3 Å². The largest absolute Gasteiger partial charge is 0.465 e. The second-order valence-corrected chi connectivity index (χ2v) is 5.12. The molecule has 1 unspecified atom stereocenters. The molecule has 1 aromatic carbocycles. The van der Waals surface area contributed by atoms with Crippen LogP contribution in [-0.2, 0) is 20.9 Å². The van der Waals surface area contributed by atoms with Crippen molar-refractivity contribution in [2.45, 2.75) is 19.6 Å². The molecule has 5 heteroatoms. The van der Waals surface area contributed by atoms with Gasteiger partial charge in [-0.25, -0.2) is 4.79 Å². The van der Waals surface area contributed by atoms with Crippen LogP contribution in [0.25, 0.3) is 0 Å². The first kappa shape index (κ1) is 17.6. The lowest BCUT2D eigenvalue weighted by Crippen LogP contribution is -2.35. The molecular formula is C16H26N2O3. The number of hydrogen-bond donors (Lipinski definition) is 1. The number of nitrogens with one attached hydrogen (secondary N) is 1. The van der Waals surface area contributed by atoms with Gasteiger partial charge >= 0.3 is 5.97 Å². The molecule has 0 aliphatic heterocycles. The van der Waals surface area contributed by atoms with Gasteiger partial charge in [-0.15, -0.1) is 0 Å². The van der Waals surface area contributed by atoms with E-state index in [0.29, 0.717) is 19.8 Å². The SMILES string of the molecule is CCOC(=O)C(NCCN(C)C)c1cccc(COC)c1. The summed E-state index contributed by atoms with van der Waals surface area (Å²) in [4.78, 5) is 14.2. The Labute approximate surface area is 127 Å². The second kappa shape index (κ2) is 9.50. The number of carbonyl (C=O) groups excluding carboxylic acids is 1. The molecule has 118 valence electrons. The number of likely N-dealkylation sites (N-methyl/N-ethyl adjacent to an activating group) is 1. The average molecular weight is 294 g/mol. The van der Waals surface area contributed by atoms with Crippen molar-refractivity contribution < 1.29 is 14.3 Å². The van der Waals surface area contributed by atoms with Crippen molar-refractivity contribution in [3.05, 3.63) is 35.4 Å². The van der Waals surface area contributed by atoms with Crippen molar-refractivity contribution >= 4 is 5.97 Å². The molecule has 0 heterocycles. The van der Waals surface area contributed by atoms with Gasteiger partial charge in [-0.05, 0) is 32.1 Å². The first-order chi connectivity index (χ1) is 10.1. The molecule has 1 aromatic rings. The highest BCUT2D eigenvalue weighted by Gasteiger charge is 2.21. The number of benzene rings is 1. The van der Waals surface area contributed by atoms with E-state index in [-0.39, 0.29) is 5.97 Å². The van der Waals surface area contributed by atoms with Crippen LogP contribution in [0.5, 0.6) is 0 Å². The van der Waals surface area contributed by atoms with Crippen molar-refractivity contribution in [2.24, 2.45) is 0 Å². The average Bonchev–Trinajstić information content (AvgIpc) is 2.44. The van der Waals surface area contributed by atoms with Crippen LogP contribution in [0.4, 0.5) is 0 Å². The Bertz CT molecular complexity index is 435. The summed E-state index contributed by atoms with van der Waals surface area (Å²) in [6.45, 7) is 4.29. The summed E-state index contributed by atoms with van der Waals surface area (Å²) in [6.07, 6.45) is 0. The van der Waals surface area contributed by atoms with Gasteiger partial charge in [-0.2, -0.15) is 0 Å². The number of carbonyl (C=O) groups is 1. The van der Waals surface area contributed by atoms with Crippen LogP contribution in [0.3, 0.4) is 0 Å². The standard InChI is InChI=1S/C16H26N2O3/c1-5-21-16(19)15(17-9-10-18(2)3)14-8-6-7-13(11-14)12-20-4/h6-8,11,15,17H,5,9-10,12H2,1-4H3. The number of rotatable bonds is 9. The van der Waals surface area contributed by atoms with Gasteiger partial charge < -0.3 is 14.4 Å². The fourth-order valence-electron chi connectivity index (χ4n) is 2.02. The Hall–Kier alpha value is -1.43. The Morgan fingerprint density at radius 3 is 2.76 bits per heavy atom. The minimum atomic E-state index is -0.443. The molecule has 1 N–H and O–H groups in total. The van der Waals surface area contributed by atoms with Gasteiger partial charge in [0.15, 0.2) is 0 Å². The van der Waals surface area contributed by atoms with Crippen molar-refractivity contribution in [1.29, 1.82) is 0 Å². The number of nitrogens with zero attached hydrogens (tertiary/aromatic N) is 1. The zero-order valence-corrected chi connectivity index (χ0v) is 13.4. The summed E-state index contributed by atoms with van der Waals surface area (Å²) in [5.41, 5.74) is 1.94. The second-order valence-electron chi connectivity index (χ2n) is 5.12. The van der Waals surface area contributed by atoms with Crippen LogP contribution in [0.15, 0.2) is 24.3 Å². The highest BCUT2D eigenvalue weighted by Crippen LogP contribution is 2.17. The molecule has 0 bridgehead atoms. The maximum atomic E-state index is 12.2. The van der Waals surface area contributed by atoms with Crippen molar-refractivity contribution in [3.8, 4) is 0 Å². The molecule has 0 spiro atoms. The predicted octanol–water partition coefficient (Wildman–Crippen LogP) is 1.59. The Kier molecular flexibility index (Phi) is 7.97. The highest BCUT2D eigenvalue weighted by atomic mass is 16.5. The van der Waals surface area contributed by atoms with Crippen LogP contribution in [0.1, 0.15) is 24.1 Å². The molecule has 0 saturated heterocycles. The van der Waals surface area contributed by atoms with E-state index in [1.54, 1.807) is 7.11 Å². The number of methoxy groups -OCH3 is 1. The normalized spacial score (nSPS) is 12.4. The molecule has 1 atom stereocenters. The van der Waals surface area contributed by atoms with Crippen LogP contribution < -0.4 is 5.32 Å². The van der Waals surface area contributed by atoms with Crippen LogP contribution in [-0.4, -0.2) is 51.8 Å². The Balaban J connectivity index is 2.83. The predicted molar refractivity (Wildman–Crippen MR) is 83.1 cm³/mol. The summed E-state index contributed by atoms with van der Waals surface area (Å²) in [5.74, 6) is -0.245. The molecule has 0 fully saturated rings. The van der Waals surface area contributed by atoms with Gasteiger partial charge in [0.25, 0.3) is 0 Å². The van der Waals surface area contributed by atoms with E-state index in [2.05, 4.69) is 10.2 Å². The lowest BCUT2D eigenvalue weighted by molar-refractivity contribution is -0.145. The maximum absolute atomic E-state index is 12.2. The Morgan fingerprint density at radius 1 is 1.38 bits per heavy atom. The summed E-state index contributed by atoms with van der Waals surface area (Å²) in [7, 11) is 5.66. The zero-order valence-electron chi connectivity index (χ0n) is 13.4. The van der Waals surface area contributed by atoms with E-state index in [0.717, 1.165) is 17.7 Å². The third-order valence-electron chi connectivity index (χ3n) is 3.03. The molecule has 21 heavy (non-hydrogen) atoms. The maximum Gasteiger partial charge on any atom is 0.327 e. The van der Waals surface area contributed by atoms with E-state index < -0.39 is 6.04 Å². The smallest absolute Gasteiger partial charge is 0.327 e. The zero-order chi connectivity index (χ0) is 15.7. The van der Waals surface area contributed by atoms with E-state index >= 15 is 0 Å². The number of ether oxygens (including phenoxy) is 2. The van der Waals surface area contributed by atoms with E-state index in [1.165, 1.54) is 0 Å². The van der Waals surface area contributed by atoms with Gasteiger partial charge in [0.1, 0.15) is 6.04 Å². The van der Waals surface area contributed by atoms with Crippen molar-refractivity contribution in [3.63, 3.8) is 0 Å². The molecule has 5 nitrogen and oxygen atoms in total. The number of esters is 1. The van der Waals surface area contributed by atoms with Gasteiger partial charge in [-0.1, -0.05) is 24.3 Å². The molecule has 0 aliphatic rings. The lowest BCUT2D eigenvalue weighted by Gasteiger charge is -2.19. The lowest BCUT2D eigenvalue weighted by atomic mass is 10.0. The first-order valence-electron chi connectivity index (χ1n) is 7.21. The molecule has 0 amide bonds. The summed E-state index contributed by atoms with van der Waals surface area (Å²) >= 11 is 0. The van der Waals surface area contributed by atoms with E-state index in [4.69, 9.17) is 9.47 Å². The molecule has 0 aliphatic carbocycles. The fraction of sp³-hybridized carbons (Fsp3) is 0.562. The van der Waals surface area contributed by atoms with Crippen molar-refractivity contribution in [2.75, 3.05) is 40.9 Å². The molecule has 0 radical (unpaired) electrons. The fourth-order valence-corrected chi connectivity index (χ4v) is 2.02. The quantitative estimate of drug-likeness (QED) is 0.701. The van der Waals surface area contributed by atoms with Gasteiger partial charge in [-0.3, -0.25) is 5.32 Å². The first-order valence-corrected chi connectivity index (χ1v) is 7.21. The summed E-state index contributed by atoms with van der Waals surface area (Å²) < 4.78 is 10.3. The molecular weight excluding hydrogens is 268 g/mol. The highest BCUT2D eigenvalue weighted by molar-refractivity contribution is 5.77. The molecule has 0 saturated carbocycles. The summed E-state index contributed by atoms with van der Waals surface area (Å²) in [6, 6.07) is 7.39. The monoisotopic (exact) mass is 294 g/mol. The van der Waals surface area contributed by atoms with Crippen LogP contribution in [0, 0.1) is 0 Å². The Morgan fingerprint density at radius 2 is 2.14 bits per heavy atom. The van der Waals surface area contributed by atoms with E-state index in [9.17, 15) is 4.79 Å². The summed E-state index contributed by atoms with van der Waals surface area (Å²) in [5, 5.41) is 3.26. The number of hydrogen-bond acceptors (Lipinski definition) is 5. The third-order valence-corrected chi connectivity index (χ3v) is 3.03. The molecule has 0 aromatic heterocycles. The van der Waals surface area contributed by atoms with Gasteiger partial charge in [0.2, 0.25) is 0 Å². The van der Waals surface area contributed by atoms with Crippen LogP contribution >= 0.6 is 0 Å². The van der Waals surface area contributed by atoms with Gasteiger partial charge in [0.05, 0.1) is 13.2 Å². The minimum absolute atomic E-state index is 0.245.